The second kappa shape index (κ2) is 4.94. The second-order valence-electron chi connectivity index (χ2n) is 4.94. The van der Waals surface area contributed by atoms with Crippen LogP contribution in [-0.2, 0) is 14.6 Å². The summed E-state index contributed by atoms with van der Waals surface area (Å²) in [6, 6.07) is 7.91. The Morgan fingerprint density at radius 3 is 2.47 bits per heavy atom. The first kappa shape index (κ1) is 14.0. The molecule has 0 spiro atoms. The van der Waals surface area contributed by atoms with Crippen molar-refractivity contribution in [2.75, 3.05) is 0 Å². The number of carbonyl (C=O) groups is 1. The molecule has 1 aliphatic rings. The molecule has 3 N–H and O–H groups in total. The van der Waals surface area contributed by atoms with Crippen LogP contribution in [0.25, 0.3) is 0 Å². The predicted molar refractivity (Wildman–Crippen MR) is 70.4 cm³/mol. The maximum atomic E-state index is 12.6. The summed E-state index contributed by atoms with van der Waals surface area (Å²) in [5.41, 5.74) is 4.20. The molecule has 6 heteroatoms. The Morgan fingerprint density at radius 2 is 1.89 bits per heavy atom. The Bertz CT molecular complexity index is 570. The third-order valence-corrected chi connectivity index (χ3v) is 6.06. The van der Waals surface area contributed by atoms with E-state index >= 15 is 0 Å². The van der Waals surface area contributed by atoms with Gasteiger partial charge < -0.3 is 10.8 Å². The van der Waals surface area contributed by atoms with Crippen LogP contribution >= 0.6 is 0 Å². The van der Waals surface area contributed by atoms with E-state index in [0.717, 1.165) is 0 Å². The first-order valence-electron chi connectivity index (χ1n) is 6.20. The van der Waals surface area contributed by atoms with Gasteiger partial charge in [0.1, 0.15) is 5.54 Å². The van der Waals surface area contributed by atoms with E-state index in [9.17, 15) is 18.3 Å². The zero-order valence-corrected chi connectivity index (χ0v) is 11.3. The molecule has 1 aliphatic carbocycles. The van der Waals surface area contributed by atoms with Crippen molar-refractivity contribution < 1.29 is 18.3 Å². The van der Waals surface area contributed by atoms with Crippen LogP contribution in [-0.4, -0.2) is 30.3 Å². The van der Waals surface area contributed by atoms with E-state index in [2.05, 4.69) is 0 Å². The van der Waals surface area contributed by atoms with Crippen LogP contribution in [0.3, 0.4) is 0 Å². The monoisotopic (exact) mass is 283 g/mol. The van der Waals surface area contributed by atoms with Gasteiger partial charge in [-0.3, -0.25) is 4.79 Å². The summed E-state index contributed by atoms with van der Waals surface area (Å²) in [7, 11) is -3.72. The molecule has 0 saturated heterocycles. The molecule has 2 rings (SSSR count). The number of hydrogen-bond acceptors (Lipinski definition) is 4. The molecule has 0 heterocycles. The van der Waals surface area contributed by atoms with Crippen molar-refractivity contribution in [1.29, 1.82) is 0 Å². The molecule has 0 aliphatic heterocycles. The zero-order chi connectivity index (χ0) is 14.1. The molecule has 0 radical (unpaired) electrons. The van der Waals surface area contributed by atoms with Gasteiger partial charge in [-0.05, 0) is 25.0 Å². The smallest absolute Gasteiger partial charge is 0.325 e. The van der Waals surface area contributed by atoms with Gasteiger partial charge in [0.2, 0.25) is 0 Å². The van der Waals surface area contributed by atoms with Gasteiger partial charge in [0, 0.05) is 0 Å². The highest BCUT2D eigenvalue weighted by molar-refractivity contribution is 7.92. The van der Waals surface area contributed by atoms with Crippen molar-refractivity contribution in [3.8, 4) is 0 Å². The number of nitrogens with two attached hydrogens (primary N) is 1. The van der Waals surface area contributed by atoms with Crippen LogP contribution in [0.5, 0.6) is 0 Å². The van der Waals surface area contributed by atoms with Crippen LogP contribution in [0.2, 0.25) is 0 Å². The summed E-state index contributed by atoms with van der Waals surface area (Å²) in [6.07, 6.45) is 1.81. The van der Waals surface area contributed by atoms with E-state index in [0.29, 0.717) is 19.3 Å². The average Bonchev–Trinajstić information content (AvgIpc) is 2.40. The number of aliphatic carboxylic acids is 1. The number of benzene rings is 1. The largest absolute Gasteiger partial charge is 0.480 e. The van der Waals surface area contributed by atoms with E-state index in [4.69, 9.17) is 5.73 Å². The summed E-state index contributed by atoms with van der Waals surface area (Å²) >= 11 is 0. The van der Waals surface area contributed by atoms with E-state index in [-0.39, 0.29) is 11.3 Å². The standard InChI is InChI=1S/C13H17NO4S/c14-13(12(15)16)9-5-4-8-11(13)19(17,18)10-6-2-1-3-7-10/h1-3,6-7,11H,4-5,8-9,14H2,(H,15,16). The van der Waals surface area contributed by atoms with Crippen molar-refractivity contribution in [3.63, 3.8) is 0 Å². The van der Waals surface area contributed by atoms with Crippen LogP contribution in [0.4, 0.5) is 0 Å². The van der Waals surface area contributed by atoms with E-state index in [1.54, 1.807) is 18.2 Å². The summed E-state index contributed by atoms with van der Waals surface area (Å²) in [5, 5.41) is 8.23. The lowest BCUT2D eigenvalue weighted by Crippen LogP contribution is -2.61. The topological polar surface area (TPSA) is 97.5 Å². The van der Waals surface area contributed by atoms with Crippen molar-refractivity contribution in [3.05, 3.63) is 30.3 Å². The van der Waals surface area contributed by atoms with Crippen LogP contribution < -0.4 is 5.73 Å². The van der Waals surface area contributed by atoms with Gasteiger partial charge in [-0.15, -0.1) is 0 Å². The van der Waals surface area contributed by atoms with Gasteiger partial charge >= 0.3 is 5.97 Å². The molecule has 1 aromatic carbocycles. The molecule has 1 fully saturated rings. The minimum atomic E-state index is -3.72. The van der Waals surface area contributed by atoms with E-state index in [1.807, 2.05) is 0 Å². The quantitative estimate of drug-likeness (QED) is 0.868. The highest BCUT2D eigenvalue weighted by atomic mass is 32.2. The molecule has 0 aromatic heterocycles. The molecule has 104 valence electrons. The fourth-order valence-corrected chi connectivity index (χ4v) is 4.73. The Kier molecular flexibility index (Phi) is 3.64. The fourth-order valence-electron chi connectivity index (χ4n) is 2.62. The maximum absolute atomic E-state index is 12.6. The molecular weight excluding hydrogens is 266 g/mol. The van der Waals surface area contributed by atoms with Gasteiger partial charge in [-0.1, -0.05) is 31.0 Å². The lowest BCUT2D eigenvalue weighted by atomic mass is 9.82. The van der Waals surface area contributed by atoms with Crippen molar-refractivity contribution in [2.24, 2.45) is 5.73 Å². The number of carboxylic acid groups (broad SMARTS) is 1. The molecular formula is C13H17NO4S. The van der Waals surface area contributed by atoms with Gasteiger partial charge in [0.05, 0.1) is 10.1 Å². The summed E-state index contributed by atoms with van der Waals surface area (Å²) in [5.74, 6) is -1.24. The summed E-state index contributed by atoms with van der Waals surface area (Å²) < 4.78 is 25.1. The van der Waals surface area contributed by atoms with E-state index < -0.39 is 26.6 Å². The number of hydrogen-bond donors (Lipinski definition) is 2. The van der Waals surface area contributed by atoms with Gasteiger partial charge in [0.15, 0.2) is 9.84 Å². The number of rotatable bonds is 3. The predicted octanol–water partition coefficient (Wildman–Crippen LogP) is 1.18. The molecule has 0 bridgehead atoms. The van der Waals surface area contributed by atoms with Gasteiger partial charge in [-0.2, -0.15) is 0 Å². The Labute approximate surface area is 112 Å². The molecule has 2 unspecified atom stereocenters. The minimum Gasteiger partial charge on any atom is -0.480 e. The molecule has 2 atom stereocenters. The lowest BCUT2D eigenvalue weighted by Gasteiger charge is -2.36. The Morgan fingerprint density at radius 1 is 1.26 bits per heavy atom. The molecule has 1 saturated carbocycles. The number of carboxylic acids is 1. The van der Waals surface area contributed by atoms with Crippen molar-refractivity contribution in [1.82, 2.24) is 0 Å². The minimum absolute atomic E-state index is 0.137. The van der Waals surface area contributed by atoms with E-state index in [1.165, 1.54) is 12.1 Å². The SMILES string of the molecule is NC1(C(=O)O)CCCCC1S(=O)(=O)c1ccccc1. The average molecular weight is 283 g/mol. The first-order chi connectivity index (χ1) is 8.89. The van der Waals surface area contributed by atoms with Gasteiger partial charge in [-0.25, -0.2) is 8.42 Å². The zero-order valence-electron chi connectivity index (χ0n) is 10.5. The fraction of sp³-hybridized carbons (Fsp3) is 0.462. The Balaban J connectivity index is 2.47. The van der Waals surface area contributed by atoms with Crippen LogP contribution in [0.1, 0.15) is 25.7 Å². The van der Waals surface area contributed by atoms with Crippen molar-refractivity contribution in [2.45, 2.75) is 41.4 Å². The summed E-state index contributed by atoms with van der Waals surface area (Å²) in [6.45, 7) is 0. The maximum Gasteiger partial charge on any atom is 0.325 e. The van der Waals surface area contributed by atoms with Gasteiger partial charge in [0.25, 0.3) is 0 Å². The van der Waals surface area contributed by atoms with Crippen molar-refractivity contribution >= 4 is 15.8 Å². The molecule has 19 heavy (non-hydrogen) atoms. The molecule has 1 aromatic rings. The normalized spacial score (nSPS) is 27.9. The highest BCUT2D eigenvalue weighted by Crippen LogP contribution is 2.34. The highest BCUT2D eigenvalue weighted by Gasteiger charge is 2.50. The summed E-state index contributed by atoms with van der Waals surface area (Å²) in [4.78, 5) is 11.5. The second-order valence-corrected chi connectivity index (χ2v) is 7.07. The number of sulfone groups is 1. The Hall–Kier alpha value is -1.40. The molecule has 5 nitrogen and oxygen atoms in total. The first-order valence-corrected chi connectivity index (χ1v) is 7.75. The third-order valence-electron chi connectivity index (χ3n) is 3.73. The van der Waals surface area contributed by atoms with Crippen LogP contribution in [0.15, 0.2) is 35.2 Å². The molecule has 0 amide bonds. The third kappa shape index (κ3) is 2.37. The van der Waals surface area contributed by atoms with Crippen LogP contribution in [0, 0.1) is 0 Å². The lowest BCUT2D eigenvalue weighted by molar-refractivity contribution is -0.144.